The number of rotatable bonds is 5. The molecule has 130 valence electrons. The van der Waals surface area contributed by atoms with Crippen LogP contribution in [0.15, 0.2) is 51.5 Å². The molecule has 1 saturated heterocycles. The predicted octanol–water partition coefficient (Wildman–Crippen LogP) is 3.41. The number of nitrogens with zero attached hydrogens (tertiary/aromatic N) is 4. The fourth-order valence-corrected chi connectivity index (χ4v) is 3.22. The normalized spacial score (nSPS) is 16.8. The lowest BCUT2D eigenvalue weighted by Crippen LogP contribution is -2.47. The summed E-state index contributed by atoms with van der Waals surface area (Å²) in [5, 5.41) is 17.6. The molecule has 1 aliphatic heterocycles. The molecule has 0 radical (unpaired) electrons. The predicted molar refractivity (Wildman–Crippen MR) is 96.8 cm³/mol. The van der Waals surface area contributed by atoms with Gasteiger partial charge in [0.15, 0.2) is 0 Å². The summed E-state index contributed by atoms with van der Waals surface area (Å²) in [4.78, 5) is 2.30. The van der Waals surface area contributed by atoms with Crippen molar-refractivity contribution in [3.63, 3.8) is 0 Å². The van der Waals surface area contributed by atoms with E-state index in [4.69, 9.17) is 4.42 Å². The first-order valence-electron chi connectivity index (χ1n) is 8.25. The Morgan fingerprint density at radius 1 is 1.24 bits per heavy atom. The monoisotopic (exact) mass is 402 g/mol. The zero-order valence-corrected chi connectivity index (χ0v) is 15.4. The Balaban J connectivity index is 1.34. The van der Waals surface area contributed by atoms with Crippen molar-refractivity contribution < 1.29 is 9.52 Å². The van der Waals surface area contributed by atoms with Crippen molar-refractivity contribution in [1.29, 1.82) is 0 Å². The first-order chi connectivity index (χ1) is 12.1. The zero-order valence-electron chi connectivity index (χ0n) is 13.8. The van der Waals surface area contributed by atoms with E-state index in [9.17, 15) is 5.11 Å². The van der Waals surface area contributed by atoms with E-state index < -0.39 is 6.10 Å². The van der Waals surface area contributed by atoms with Crippen LogP contribution in [-0.4, -0.2) is 38.1 Å². The van der Waals surface area contributed by atoms with E-state index in [1.54, 1.807) is 6.92 Å². The molecule has 7 heteroatoms. The van der Waals surface area contributed by atoms with Gasteiger partial charge in [0.25, 0.3) is 0 Å². The van der Waals surface area contributed by atoms with Crippen molar-refractivity contribution in [1.82, 2.24) is 19.9 Å². The van der Waals surface area contributed by atoms with Gasteiger partial charge in [-0.25, -0.2) is 4.68 Å². The SMILES string of the molecule is CC(O)c1cn(C2CN(Cc3ccc(-c4ccc(Br)cc4)o3)C2)nn1. The fraction of sp³-hybridized carbons (Fsp3) is 0.333. The van der Waals surface area contributed by atoms with Crippen LogP contribution in [-0.2, 0) is 6.54 Å². The number of aliphatic hydroxyl groups is 1. The summed E-state index contributed by atoms with van der Waals surface area (Å²) in [7, 11) is 0. The topological polar surface area (TPSA) is 67.3 Å². The van der Waals surface area contributed by atoms with Crippen molar-refractivity contribution in [2.75, 3.05) is 13.1 Å². The second kappa shape index (κ2) is 6.74. The fourth-order valence-electron chi connectivity index (χ4n) is 2.95. The number of benzene rings is 1. The minimum atomic E-state index is -0.579. The minimum Gasteiger partial charge on any atom is -0.460 e. The lowest BCUT2D eigenvalue weighted by molar-refractivity contribution is 0.0824. The Bertz CT molecular complexity index is 850. The van der Waals surface area contributed by atoms with Crippen LogP contribution in [0.1, 0.15) is 30.5 Å². The summed E-state index contributed by atoms with van der Waals surface area (Å²) in [5.41, 5.74) is 1.69. The number of hydrogen-bond acceptors (Lipinski definition) is 5. The standard InChI is InChI=1S/C18H19BrN4O2/c1-12(24)17-11-23(21-20-17)15-8-22(9-15)10-16-6-7-18(25-16)13-2-4-14(19)5-3-13/h2-7,11-12,15,24H,8-10H2,1H3. The van der Waals surface area contributed by atoms with Gasteiger partial charge in [-0.1, -0.05) is 33.3 Å². The lowest BCUT2D eigenvalue weighted by atomic mass is 10.1. The summed E-state index contributed by atoms with van der Waals surface area (Å²) >= 11 is 3.44. The molecule has 1 N–H and O–H groups in total. The van der Waals surface area contributed by atoms with E-state index in [0.29, 0.717) is 11.7 Å². The van der Waals surface area contributed by atoms with Crippen LogP contribution in [0, 0.1) is 0 Å². The molecule has 1 unspecified atom stereocenters. The largest absolute Gasteiger partial charge is 0.460 e. The quantitative estimate of drug-likeness (QED) is 0.707. The molecule has 3 heterocycles. The molecule has 0 saturated carbocycles. The molecular weight excluding hydrogens is 384 g/mol. The highest BCUT2D eigenvalue weighted by molar-refractivity contribution is 9.10. The highest BCUT2D eigenvalue weighted by Crippen LogP contribution is 2.27. The maximum atomic E-state index is 9.53. The van der Waals surface area contributed by atoms with Crippen molar-refractivity contribution in [3.05, 3.63) is 58.5 Å². The van der Waals surface area contributed by atoms with Gasteiger partial charge in [0, 0.05) is 23.1 Å². The second-order valence-electron chi connectivity index (χ2n) is 6.42. The van der Waals surface area contributed by atoms with Gasteiger partial charge in [-0.05, 0) is 31.2 Å². The van der Waals surface area contributed by atoms with Crippen LogP contribution in [0.5, 0.6) is 0 Å². The van der Waals surface area contributed by atoms with Gasteiger partial charge in [-0.2, -0.15) is 0 Å². The van der Waals surface area contributed by atoms with Crippen molar-refractivity contribution in [3.8, 4) is 11.3 Å². The molecule has 1 aliphatic rings. The third-order valence-corrected chi connectivity index (χ3v) is 4.97. The van der Waals surface area contributed by atoms with Crippen LogP contribution in [0.4, 0.5) is 0 Å². The molecule has 2 aromatic heterocycles. The number of halogens is 1. The van der Waals surface area contributed by atoms with Crippen LogP contribution >= 0.6 is 15.9 Å². The van der Waals surface area contributed by atoms with Crippen LogP contribution < -0.4 is 0 Å². The van der Waals surface area contributed by atoms with E-state index in [1.807, 2.05) is 47.3 Å². The Morgan fingerprint density at radius 2 is 2.00 bits per heavy atom. The average Bonchev–Trinajstić information content (AvgIpc) is 3.21. The molecule has 0 aliphatic carbocycles. The summed E-state index contributed by atoms with van der Waals surface area (Å²) in [6, 6.07) is 12.5. The third-order valence-electron chi connectivity index (χ3n) is 4.44. The number of furan rings is 1. The van der Waals surface area contributed by atoms with E-state index >= 15 is 0 Å². The van der Waals surface area contributed by atoms with Gasteiger partial charge < -0.3 is 9.52 Å². The Morgan fingerprint density at radius 3 is 2.68 bits per heavy atom. The van der Waals surface area contributed by atoms with E-state index in [-0.39, 0.29) is 0 Å². The first-order valence-corrected chi connectivity index (χ1v) is 9.04. The van der Waals surface area contributed by atoms with Crippen molar-refractivity contribution in [2.45, 2.75) is 25.6 Å². The number of likely N-dealkylation sites (tertiary alicyclic amines) is 1. The summed E-state index contributed by atoms with van der Waals surface area (Å²) in [6.07, 6.45) is 1.25. The first kappa shape index (κ1) is 16.5. The highest BCUT2D eigenvalue weighted by Gasteiger charge is 2.30. The van der Waals surface area contributed by atoms with Crippen LogP contribution in [0.3, 0.4) is 0 Å². The van der Waals surface area contributed by atoms with Crippen LogP contribution in [0.25, 0.3) is 11.3 Å². The Hall–Kier alpha value is -1.96. The lowest BCUT2D eigenvalue weighted by Gasteiger charge is -2.38. The molecule has 3 aromatic rings. The number of aromatic nitrogens is 3. The maximum Gasteiger partial charge on any atom is 0.134 e. The smallest absolute Gasteiger partial charge is 0.134 e. The molecule has 1 atom stereocenters. The van der Waals surface area contributed by atoms with Gasteiger partial charge in [0.1, 0.15) is 17.2 Å². The highest BCUT2D eigenvalue weighted by atomic mass is 79.9. The molecular formula is C18H19BrN4O2. The second-order valence-corrected chi connectivity index (χ2v) is 7.34. The summed E-state index contributed by atoms with van der Waals surface area (Å²) in [6.45, 7) is 4.28. The van der Waals surface area contributed by atoms with Gasteiger partial charge in [-0.15, -0.1) is 5.10 Å². The molecule has 1 aromatic carbocycles. The molecule has 0 amide bonds. The number of hydrogen-bond donors (Lipinski definition) is 1. The molecule has 0 bridgehead atoms. The Kier molecular flexibility index (Phi) is 4.45. The van der Waals surface area contributed by atoms with E-state index in [2.05, 4.69) is 31.1 Å². The Labute approximate surface area is 154 Å². The van der Waals surface area contributed by atoms with Gasteiger partial charge in [0.2, 0.25) is 0 Å². The maximum absolute atomic E-state index is 9.53. The molecule has 6 nitrogen and oxygen atoms in total. The minimum absolute atomic E-state index is 0.306. The van der Waals surface area contributed by atoms with Gasteiger partial charge in [0.05, 0.1) is 24.9 Å². The number of aliphatic hydroxyl groups excluding tert-OH is 1. The molecule has 0 spiro atoms. The van der Waals surface area contributed by atoms with E-state index in [1.165, 1.54) is 0 Å². The van der Waals surface area contributed by atoms with E-state index in [0.717, 1.165) is 41.2 Å². The van der Waals surface area contributed by atoms with Gasteiger partial charge >= 0.3 is 0 Å². The van der Waals surface area contributed by atoms with Crippen molar-refractivity contribution >= 4 is 15.9 Å². The van der Waals surface area contributed by atoms with Gasteiger partial charge in [-0.3, -0.25) is 4.90 Å². The molecule has 4 rings (SSSR count). The zero-order chi connectivity index (χ0) is 17.4. The molecule has 1 fully saturated rings. The molecule has 25 heavy (non-hydrogen) atoms. The summed E-state index contributed by atoms with van der Waals surface area (Å²) < 4.78 is 8.87. The third kappa shape index (κ3) is 3.53. The van der Waals surface area contributed by atoms with Crippen LogP contribution in [0.2, 0.25) is 0 Å². The average molecular weight is 403 g/mol. The summed E-state index contributed by atoms with van der Waals surface area (Å²) in [5.74, 6) is 1.84. The van der Waals surface area contributed by atoms with Crippen molar-refractivity contribution in [2.24, 2.45) is 0 Å².